The molecular weight excluding hydrogens is 208 g/mol. The molecule has 0 aromatic rings. The molecule has 0 heterocycles. The van der Waals surface area contributed by atoms with Gasteiger partial charge in [0.2, 0.25) is 5.91 Å². The van der Waals surface area contributed by atoms with Crippen LogP contribution in [0.5, 0.6) is 0 Å². The minimum Gasteiger partial charge on any atom is -0.480 e. The first-order valence-electron chi connectivity index (χ1n) is 5.54. The van der Waals surface area contributed by atoms with Gasteiger partial charge in [-0.2, -0.15) is 0 Å². The molecule has 2 unspecified atom stereocenters. The Kier molecular flexibility index (Phi) is 6.03. The fourth-order valence-corrected chi connectivity index (χ4v) is 1.46. The normalized spacial score (nSPS) is 14.9. The number of hydrogen-bond acceptors (Lipinski definition) is 3. The van der Waals surface area contributed by atoms with E-state index in [9.17, 15) is 9.59 Å². The molecule has 0 aliphatic carbocycles. The third-order valence-corrected chi connectivity index (χ3v) is 2.63. The number of carbonyl (C=O) groups excluding carboxylic acids is 1. The predicted molar refractivity (Wildman–Crippen MR) is 61.8 cm³/mol. The quantitative estimate of drug-likeness (QED) is 0.617. The number of nitrogens with two attached hydrogens (primary N) is 1. The largest absolute Gasteiger partial charge is 0.480 e. The third kappa shape index (κ3) is 4.18. The molecule has 94 valence electrons. The topological polar surface area (TPSA) is 92.4 Å². The number of carboxylic acid groups (broad SMARTS) is 1. The fourth-order valence-electron chi connectivity index (χ4n) is 1.46. The van der Waals surface area contributed by atoms with Gasteiger partial charge in [0.05, 0.1) is 5.92 Å². The summed E-state index contributed by atoms with van der Waals surface area (Å²) in [6.07, 6.45) is 0. The SMILES string of the molecule is CC(C)C(CN)C(=O)NC(C(=O)O)C(C)C. The Balaban J connectivity index is 4.56. The lowest BCUT2D eigenvalue weighted by Gasteiger charge is -2.23. The second-order valence-corrected chi connectivity index (χ2v) is 4.65. The van der Waals surface area contributed by atoms with E-state index in [0.717, 1.165) is 0 Å². The van der Waals surface area contributed by atoms with Gasteiger partial charge in [-0.3, -0.25) is 4.79 Å². The monoisotopic (exact) mass is 230 g/mol. The molecule has 2 atom stereocenters. The summed E-state index contributed by atoms with van der Waals surface area (Å²) in [5.41, 5.74) is 5.49. The van der Waals surface area contributed by atoms with Crippen molar-refractivity contribution in [2.75, 3.05) is 6.54 Å². The maximum Gasteiger partial charge on any atom is 0.326 e. The molecule has 0 aliphatic heterocycles. The Morgan fingerprint density at radius 1 is 1.19 bits per heavy atom. The van der Waals surface area contributed by atoms with Crippen molar-refractivity contribution in [2.24, 2.45) is 23.5 Å². The van der Waals surface area contributed by atoms with Gasteiger partial charge in [-0.1, -0.05) is 27.7 Å². The first-order chi connectivity index (χ1) is 7.31. The maximum absolute atomic E-state index is 11.8. The Morgan fingerprint density at radius 2 is 1.69 bits per heavy atom. The molecule has 0 radical (unpaired) electrons. The van der Waals surface area contributed by atoms with E-state index in [1.54, 1.807) is 13.8 Å². The van der Waals surface area contributed by atoms with E-state index in [1.807, 2.05) is 13.8 Å². The average Bonchev–Trinajstić information content (AvgIpc) is 2.13. The van der Waals surface area contributed by atoms with Gasteiger partial charge < -0.3 is 16.2 Å². The van der Waals surface area contributed by atoms with Crippen LogP contribution in [0, 0.1) is 17.8 Å². The lowest BCUT2D eigenvalue weighted by atomic mass is 9.94. The summed E-state index contributed by atoms with van der Waals surface area (Å²) in [6, 6.07) is -0.847. The highest BCUT2D eigenvalue weighted by atomic mass is 16.4. The summed E-state index contributed by atoms with van der Waals surface area (Å²) in [7, 11) is 0. The average molecular weight is 230 g/mol. The van der Waals surface area contributed by atoms with Crippen molar-refractivity contribution in [3.63, 3.8) is 0 Å². The van der Waals surface area contributed by atoms with Crippen molar-refractivity contribution in [2.45, 2.75) is 33.7 Å². The summed E-state index contributed by atoms with van der Waals surface area (Å²) in [5.74, 6) is -1.67. The zero-order valence-electron chi connectivity index (χ0n) is 10.4. The number of rotatable bonds is 6. The van der Waals surface area contributed by atoms with E-state index in [-0.39, 0.29) is 30.2 Å². The van der Waals surface area contributed by atoms with Crippen molar-refractivity contribution >= 4 is 11.9 Å². The molecule has 0 saturated heterocycles. The lowest BCUT2D eigenvalue weighted by Crippen LogP contribution is -2.48. The van der Waals surface area contributed by atoms with Crippen LogP contribution in [-0.2, 0) is 9.59 Å². The minimum atomic E-state index is -1.01. The van der Waals surface area contributed by atoms with Crippen LogP contribution in [-0.4, -0.2) is 29.6 Å². The van der Waals surface area contributed by atoms with E-state index in [1.165, 1.54) is 0 Å². The Labute approximate surface area is 96.4 Å². The van der Waals surface area contributed by atoms with Crippen LogP contribution in [0.25, 0.3) is 0 Å². The number of amides is 1. The molecule has 0 aromatic heterocycles. The van der Waals surface area contributed by atoms with Crippen molar-refractivity contribution in [1.82, 2.24) is 5.32 Å². The van der Waals surface area contributed by atoms with Gasteiger partial charge >= 0.3 is 5.97 Å². The number of aliphatic carboxylic acids is 1. The van der Waals surface area contributed by atoms with Crippen LogP contribution in [0.1, 0.15) is 27.7 Å². The summed E-state index contributed by atoms with van der Waals surface area (Å²) >= 11 is 0. The summed E-state index contributed by atoms with van der Waals surface area (Å²) in [4.78, 5) is 22.7. The molecule has 0 bridgehead atoms. The number of nitrogens with one attached hydrogen (secondary N) is 1. The molecule has 16 heavy (non-hydrogen) atoms. The Hall–Kier alpha value is -1.10. The molecular formula is C11H22N2O3. The second-order valence-electron chi connectivity index (χ2n) is 4.65. The molecule has 0 fully saturated rings. The summed E-state index contributed by atoms with van der Waals surface area (Å²) in [5, 5.41) is 11.5. The molecule has 0 saturated carbocycles. The lowest BCUT2D eigenvalue weighted by molar-refractivity contribution is -0.144. The number of carbonyl (C=O) groups is 2. The van der Waals surface area contributed by atoms with Crippen molar-refractivity contribution in [3.05, 3.63) is 0 Å². The van der Waals surface area contributed by atoms with Gasteiger partial charge in [0.25, 0.3) is 0 Å². The molecule has 0 spiro atoms. The van der Waals surface area contributed by atoms with Crippen LogP contribution in [0.15, 0.2) is 0 Å². The molecule has 0 rings (SSSR count). The van der Waals surface area contributed by atoms with Crippen LogP contribution < -0.4 is 11.1 Å². The van der Waals surface area contributed by atoms with Crippen LogP contribution >= 0.6 is 0 Å². The van der Waals surface area contributed by atoms with Crippen LogP contribution in [0.3, 0.4) is 0 Å². The molecule has 4 N–H and O–H groups in total. The minimum absolute atomic E-state index is 0.103. The van der Waals surface area contributed by atoms with E-state index in [0.29, 0.717) is 0 Å². The molecule has 5 nitrogen and oxygen atoms in total. The van der Waals surface area contributed by atoms with E-state index in [4.69, 9.17) is 10.8 Å². The maximum atomic E-state index is 11.8. The molecule has 0 aromatic carbocycles. The first-order valence-corrected chi connectivity index (χ1v) is 5.54. The number of hydrogen-bond donors (Lipinski definition) is 3. The van der Waals surface area contributed by atoms with E-state index < -0.39 is 12.0 Å². The second kappa shape index (κ2) is 6.48. The van der Waals surface area contributed by atoms with Gasteiger partial charge in [-0.15, -0.1) is 0 Å². The smallest absolute Gasteiger partial charge is 0.326 e. The zero-order chi connectivity index (χ0) is 12.9. The van der Waals surface area contributed by atoms with Crippen LogP contribution in [0.2, 0.25) is 0 Å². The van der Waals surface area contributed by atoms with Gasteiger partial charge in [0.15, 0.2) is 0 Å². The highest BCUT2D eigenvalue weighted by Crippen LogP contribution is 2.11. The Bertz CT molecular complexity index is 252. The highest BCUT2D eigenvalue weighted by Gasteiger charge is 2.28. The molecule has 0 aliphatic rings. The fraction of sp³-hybridized carbons (Fsp3) is 0.818. The first kappa shape index (κ1) is 14.9. The molecule has 1 amide bonds. The van der Waals surface area contributed by atoms with Crippen molar-refractivity contribution in [1.29, 1.82) is 0 Å². The highest BCUT2D eigenvalue weighted by molar-refractivity contribution is 5.85. The van der Waals surface area contributed by atoms with Crippen molar-refractivity contribution in [3.8, 4) is 0 Å². The van der Waals surface area contributed by atoms with Gasteiger partial charge in [0.1, 0.15) is 6.04 Å². The van der Waals surface area contributed by atoms with E-state index >= 15 is 0 Å². The van der Waals surface area contributed by atoms with Crippen molar-refractivity contribution < 1.29 is 14.7 Å². The zero-order valence-corrected chi connectivity index (χ0v) is 10.4. The van der Waals surface area contributed by atoms with Gasteiger partial charge in [0, 0.05) is 6.54 Å². The predicted octanol–water partition coefficient (Wildman–Crippen LogP) is 0.443. The summed E-state index contributed by atoms with van der Waals surface area (Å²) in [6.45, 7) is 7.52. The van der Waals surface area contributed by atoms with Crippen LogP contribution in [0.4, 0.5) is 0 Å². The Morgan fingerprint density at radius 3 is 1.94 bits per heavy atom. The number of carboxylic acids is 1. The van der Waals surface area contributed by atoms with Gasteiger partial charge in [-0.05, 0) is 11.8 Å². The molecule has 5 heteroatoms. The standard InChI is InChI=1S/C11H22N2O3/c1-6(2)8(5-12)10(14)13-9(7(3)4)11(15)16/h6-9H,5,12H2,1-4H3,(H,13,14)(H,15,16). The third-order valence-electron chi connectivity index (χ3n) is 2.63. The summed E-state index contributed by atoms with van der Waals surface area (Å²) < 4.78 is 0. The van der Waals surface area contributed by atoms with Gasteiger partial charge in [-0.25, -0.2) is 4.79 Å². The van der Waals surface area contributed by atoms with E-state index in [2.05, 4.69) is 5.32 Å².